The van der Waals surface area contributed by atoms with E-state index in [2.05, 4.69) is 29.2 Å². The Labute approximate surface area is 137 Å². The molecule has 2 aliphatic heterocycles. The van der Waals surface area contributed by atoms with E-state index in [9.17, 15) is 4.79 Å². The molecule has 2 spiro atoms. The van der Waals surface area contributed by atoms with Crippen LogP contribution in [0.4, 0.5) is 0 Å². The van der Waals surface area contributed by atoms with Crippen LogP contribution in [0.25, 0.3) is 0 Å². The normalized spacial score (nSPS) is 25.4. The molecule has 0 bridgehead atoms. The molecular weight excluding hydrogens is 290 g/mol. The van der Waals surface area contributed by atoms with Crippen LogP contribution in [0.5, 0.6) is 0 Å². The first-order chi connectivity index (χ1) is 11.2. The van der Waals surface area contributed by atoms with E-state index in [1.165, 1.54) is 5.56 Å². The number of allylic oxidation sites excluding steroid dienone is 1. The van der Waals surface area contributed by atoms with Crippen molar-refractivity contribution in [2.24, 2.45) is 0 Å². The van der Waals surface area contributed by atoms with Crippen molar-refractivity contribution in [2.45, 2.75) is 50.0 Å². The molecule has 1 aromatic rings. The highest BCUT2D eigenvalue weighted by atomic mass is 16.7. The summed E-state index contributed by atoms with van der Waals surface area (Å²) in [5.41, 5.74) is 1.20. The fraction of sp³-hybridized carbons (Fsp3) is 0.526. The highest BCUT2D eigenvalue weighted by Gasteiger charge is 2.49. The zero-order valence-corrected chi connectivity index (χ0v) is 13.4. The van der Waals surface area contributed by atoms with Crippen molar-refractivity contribution in [3.05, 3.63) is 48.2 Å². The fourth-order valence-corrected chi connectivity index (χ4v) is 4.16. The lowest BCUT2D eigenvalue weighted by Gasteiger charge is -2.51. The van der Waals surface area contributed by atoms with Gasteiger partial charge in [0.05, 0.1) is 13.2 Å². The topological polar surface area (TPSA) is 38.8 Å². The number of hydrogen-bond acceptors (Lipinski definition) is 4. The van der Waals surface area contributed by atoms with Crippen molar-refractivity contribution in [3.63, 3.8) is 0 Å². The second-order valence-corrected chi connectivity index (χ2v) is 6.90. The first-order valence-electron chi connectivity index (χ1n) is 8.50. The van der Waals surface area contributed by atoms with Crippen molar-refractivity contribution >= 4 is 5.78 Å². The van der Waals surface area contributed by atoms with Gasteiger partial charge >= 0.3 is 0 Å². The monoisotopic (exact) mass is 313 g/mol. The minimum absolute atomic E-state index is 0.0811. The van der Waals surface area contributed by atoms with Gasteiger partial charge in [-0.05, 0) is 24.5 Å². The SMILES string of the molecule is O=C1C=CN(Cc2ccccc2)C2(CCC3(CC2)OCCO3)C1. The Morgan fingerprint density at radius 3 is 2.39 bits per heavy atom. The Hall–Kier alpha value is -1.65. The molecule has 4 nitrogen and oxygen atoms in total. The highest BCUT2D eigenvalue weighted by Crippen LogP contribution is 2.46. The van der Waals surface area contributed by atoms with E-state index in [1.807, 2.05) is 12.3 Å². The van der Waals surface area contributed by atoms with E-state index >= 15 is 0 Å². The van der Waals surface area contributed by atoms with Gasteiger partial charge < -0.3 is 14.4 Å². The Balaban J connectivity index is 1.55. The summed E-state index contributed by atoms with van der Waals surface area (Å²) in [6.45, 7) is 2.23. The quantitative estimate of drug-likeness (QED) is 0.841. The molecule has 1 aromatic carbocycles. The minimum Gasteiger partial charge on any atom is -0.367 e. The molecule has 1 saturated carbocycles. The van der Waals surface area contributed by atoms with Crippen molar-refractivity contribution < 1.29 is 14.3 Å². The van der Waals surface area contributed by atoms with Gasteiger partial charge in [-0.15, -0.1) is 0 Å². The van der Waals surface area contributed by atoms with Crippen molar-refractivity contribution in [1.29, 1.82) is 0 Å². The van der Waals surface area contributed by atoms with Crippen LogP contribution in [0.3, 0.4) is 0 Å². The molecule has 0 unspecified atom stereocenters. The van der Waals surface area contributed by atoms with Gasteiger partial charge in [-0.3, -0.25) is 4.79 Å². The molecule has 0 radical (unpaired) electrons. The summed E-state index contributed by atoms with van der Waals surface area (Å²) in [7, 11) is 0. The molecule has 0 N–H and O–H groups in total. The van der Waals surface area contributed by atoms with Gasteiger partial charge in [0.2, 0.25) is 0 Å². The van der Waals surface area contributed by atoms with Gasteiger partial charge in [-0.25, -0.2) is 0 Å². The lowest BCUT2D eigenvalue weighted by Crippen LogP contribution is -2.54. The standard InChI is InChI=1S/C19H23NO3/c21-17-6-11-20(15-16-4-2-1-3-5-16)18(14-17)7-9-19(10-8-18)22-12-13-23-19/h1-6,11H,7-10,12-15H2. The first kappa shape index (κ1) is 14.9. The maximum Gasteiger partial charge on any atom is 0.168 e. The lowest BCUT2D eigenvalue weighted by atomic mass is 9.73. The number of rotatable bonds is 2. The smallest absolute Gasteiger partial charge is 0.168 e. The Morgan fingerprint density at radius 1 is 1.00 bits per heavy atom. The number of ketones is 1. The summed E-state index contributed by atoms with van der Waals surface area (Å²) in [4.78, 5) is 14.4. The van der Waals surface area contributed by atoms with Gasteiger partial charge in [0.1, 0.15) is 0 Å². The van der Waals surface area contributed by atoms with Crippen LogP contribution in [-0.2, 0) is 20.8 Å². The van der Waals surface area contributed by atoms with Gasteiger partial charge in [0, 0.05) is 37.5 Å². The molecule has 4 heteroatoms. The summed E-state index contributed by atoms with van der Waals surface area (Å²) in [6.07, 6.45) is 7.95. The number of hydrogen-bond donors (Lipinski definition) is 0. The maximum atomic E-state index is 12.1. The summed E-state index contributed by atoms with van der Waals surface area (Å²) < 4.78 is 11.7. The van der Waals surface area contributed by atoms with E-state index in [1.54, 1.807) is 6.08 Å². The third-order valence-corrected chi connectivity index (χ3v) is 5.50. The molecule has 2 fully saturated rings. The van der Waals surface area contributed by atoms with E-state index < -0.39 is 0 Å². The van der Waals surface area contributed by atoms with Gasteiger partial charge in [-0.2, -0.15) is 0 Å². The lowest BCUT2D eigenvalue weighted by molar-refractivity contribution is -0.194. The molecule has 2 heterocycles. The molecular formula is C19H23NO3. The van der Waals surface area contributed by atoms with Crippen LogP contribution in [0.15, 0.2) is 42.6 Å². The Morgan fingerprint density at radius 2 is 1.70 bits per heavy atom. The number of nitrogens with zero attached hydrogens (tertiary/aromatic N) is 1. The highest BCUT2D eigenvalue weighted by molar-refractivity contribution is 5.91. The molecule has 4 rings (SSSR count). The summed E-state index contributed by atoms with van der Waals surface area (Å²) in [6, 6.07) is 10.5. The summed E-state index contributed by atoms with van der Waals surface area (Å²) in [5.74, 6) is -0.146. The minimum atomic E-state index is -0.381. The van der Waals surface area contributed by atoms with Crippen LogP contribution in [0, 0.1) is 0 Å². The van der Waals surface area contributed by atoms with Crippen LogP contribution >= 0.6 is 0 Å². The number of benzene rings is 1. The number of carbonyl (C=O) groups excluding carboxylic acids is 1. The second-order valence-electron chi connectivity index (χ2n) is 6.90. The Bertz CT molecular complexity index is 594. The third kappa shape index (κ3) is 2.81. The van der Waals surface area contributed by atoms with E-state index in [4.69, 9.17) is 9.47 Å². The predicted molar refractivity (Wildman–Crippen MR) is 86.6 cm³/mol. The fourth-order valence-electron chi connectivity index (χ4n) is 4.16. The van der Waals surface area contributed by atoms with Crippen LogP contribution in [0.2, 0.25) is 0 Å². The van der Waals surface area contributed by atoms with Crippen LogP contribution in [-0.4, -0.2) is 35.2 Å². The molecule has 0 amide bonds. The number of carbonyl (C=O) groups is 1. The maximum absolute atomic E-state index is 12.1. The molecule has 122 valence electrons. The van der Waals surface area contributed by atoms with E-state index in [0.29, 0.717) is 19.6 Å². The predicted octanol–water partition coefficient (Wildman–Crippen LogP) is 3.03. The van der Waals surface area contributed by atoms with Crippen molar-refractivity contribution in [3.8, 4) is 0 Å². The van der Waals surface area contributed by atoms with Crippen molar-refractivity contribution in [2.75, 3.05) is 13.2 Å². The molecule has 23 heavy (non-hydrogen) atoms. The third-order valence-electron chi connectivity index (χ3n) is 5.50. The van der Waals surface area contributed by atoms with E-state index in [-0.39, 0.29) is 17.1 Å². The molecule has 1 saturated heterocycles. The van der Waals surface area contributed by atoms with Crippen LogP contribution in [0.1, 0.15) is 37.7 Å². The van der Waals surface area contributed by atoms with Gasteiger partial charge in [-0.1, -0.05) is 30.3 Å². The second kappa shape index (κ2) is 5.77. The average Bonchev–Trinajstić information content (AvgIpc) is 3.03. The van der Waals surface area contributed by atoms with Crippen molar-refractivity contribution in [1.82, 2.24) is 4.90 Å². The van der Waals surface area contributed by atoms with Crippen LogP contribution < -0.4 is 0 Å². The average molecular weight is 313 g/mol. The molecule has 1 aliphatic carbocycles. The van der Waals surface area contributed by atoms with Gasteiger partial charge in [0.25, 0.3) is 0 Å². The van der Waals surface area contributed by atoms with E-state index in [0.717, 1.165) is 32.2 Å². The number of ether oxygens (including phenoxy) is 2. The molecule has 0 aromatic heterocycles. The molecule has 0 atom stereocenters. The zero-order valence-electron chi connectivity index (χ0n) is 13.4. The zero-order chi connectivity index (χ0) is 15.8. The Kier molecular flexibility index (Phi) is 3.74. The largest absolute Gasteiger partial charge is 0.367 e. The summed E-state index contributed by atoms with van der Waals surface area (Å²) in [5, 5.41) is 0. The van der Waals surface area contributed by atoms with Gasteiger partial charge in [0.15, 0.2) is 11.6 Å². The summed E-state index contributed by atoms with van der Waals surface area (Å²) >= 11 is 0. The molecule has 3 aliphatic rings. The first-order valence-corrected chi connectivity index (χ1v) is 8.50.